The van der Waals surface area contributed by atoms with E-state index in [1.54, 1.807) is 0 Å². The van der Waals surface area contributed by atoms with Crippen molar-refractivity contribution in [1.82, 2.24) is 0 Å². The van der Waals surface area contributed by atoms with Gasteiger partial charge in [0, 0.05) is 0 Å². The summed E-state index contributed by atoms with van der Waals surface area (Å²) in [6, 6.07) is 24.4. The van der Waals surface area contributed by atoms with Crippen molar-refractivity contribution in [3.05, 3.63) is 78.9 Å². The summed E-state index contributed by atoms with van der Waals surface area (Å²) in [5.41, 5.74) is 0. The highest BCUT2D eigenvalue weighted by Crippen LogP contribution is 2.51. The minimum Gasteiger partial charge on any atom is -0.487 e. The van der Waals surface area contributed by atoms with Crippen LogP contribution in [0, 0.1) is 0 Å². The van der Waals surface area contributed by atoms with Gasteiger partial charge >= 0.3 is 6.49 Å². The Bertz CT molecular complexity index is 984. The topological polar surface area (TPSA) is 55.4 Å². The first-order valence-electron chi connectivity index (χ1n) is 10.4. The molecule has 32 heavy (non-hydrogen) atoms. The van der Waals surface area contributed by atoms with Gasteiger partial charge in [-0.3, -0.25) is 0 Å². The molecule has 0 radical (unpaired) electrons. The lowest BCUT2D eigenvalue weighted by Crippen LogP contribution is -2.15. The number of benzene rings is 3. The van der Waals surface area contributed by atoms with Crippen molar-refractivity contribution in [2.24, 2.45) is 0 Å². The Morgan fingerprint density at radius 3 is 1.41 bits per heavy atom. The highest BCUT2D eigenvalue weighted by molar-refractivity contribution is 8.13. The van der Waals surface area contributed by atoms with E-state index in [-0.39, 0.29) is 0 Å². The van der Waals surface area contributed by atoms with E-state index in [2.05, 4.69) is 0 Å². The van der Waals surface area contributed by atoms with E-state index < -0.39 is 6.49 Å². The van der Waals surface area contributed by atoms with E-state index in [1.807, 2.05) is 78.9 Å². The second-order valence-corrected chi connectivity index (χ2v) is 10.1. The summed E-state index contributed by atoms with van der Waals surface area (Å²) < 4.78 is 35.8. The van der Waals surface area contributed by atoms with Crippen molar-refractivity contribution >= 4 is 23.6 Å². The summed E-state index contributed by atoms with van der Waals surface area (Å²) in [7, 11) is 0. The lowest BCUT2D eigenvalue weighted by molar-refractivity contribution is 0.0272. The molecule has 0 atom stereocenters. The third kappa shape index (κ3) is 6.02. The minimum atomic E-state index is -3.02. The second kappa shape index (κ2) is 11.3. The number of hydrogen-bond donors (Lipinski definition) is 0. The zero-order chi connectivity index (χ0) is 22.1. The molecule has 4 rings (SSSR count). The fourth-order valence-electron chi connectivity index (χ4n) is 3.03. The van der Waals surface area contributed by atoms with E-state index in [9.17, 15) is 0 Å². The maximum Gasteiger partial charge on any atom is 0.319 e. The summed E-state index contributed by atoms with van der Waals surface area (Å²) in [6.45, 7) is -0.440. The van der Waals surface area contributed by atoms with Gasteiger partial charge < -0.3 is 28.0 Å². The van der Waals surface area contributed by atoms with Crippen LogP contribution in [0.25, 0.3) is 0 Å². The molecule has 3 aromatic rings. The monoisotopic (exact) mass is 472 g/mol. The molecule has 0 fully saturated rings. The van der Waals surface area contributed by atoms with E-state index in [0.29, 0.717) is 62.6 Å². The molecule has 1 aliphatic rings. The fraction of sp³-hybridized carbons (Fsp3) is 0.250. The van der Waals surface area contributed by atoms with Crippen molar-refractivity contribution < 1.29 is 28.0 Å². The van der Waals surface area contributed by atoms with Crippen LogP contribution in [0.4, 0.5) is 0 Å². The maximum absolute atomic E-state index is 6.41. The van der Waals surface area contributed by atoms with Gasteiger partial charge in [0.15, 0.2) is 23.0 Å². The van der Waals surface area contributed by atoms with Crippen molar-refractivity contribution in [2.75, 3.05) is 39.6 Å². The number of hydrogen-bond acceptors (Lipinski definition) is 7. The normalized spacial score (nSPS) is 17.1. The average molecular weight is 472 g/mol. The van der Waals surface area contributed by atoms with E-state index in [1.165, 1.54) is 0 Å². The van der Waals surface area contributed by atoms with E-state index in [0.717, 1.165) is 5.30 Å². The molecule has 6 nitrogen and oxygen atoms in total. The van der Waals surface area contributed by atoms with Gasteiger partial charge in [-0.2, -0.15) is 0 Å². The molecule has 0 spiro atoms. The molecule has 0 aliphatic carbocycles. The minimum absolute atomic E-state index is 0.376. The van der Waals surface area contributed by atoms with Crippen LogP contribution in [-0.4, -0.2) is 39.6 Å². The molecular formula is C24H25O6PS. The molecule has 0 N–H and O–H groups in total. The predicted octanol–water partition coefficient (Wildman–Crippen LogP) is 4.58. The van der Waals surface area contributed by atoms with Gasteiger partial charge in [0.2, 0.25) is 0 Å². The van der Waals surface area contributed by atoms with Gasteiger partial charge in [-0.25, -0.2) is 0 Å². The molecule has 0 amide bonds. The maximum atomic E-state index is 6.41. The second-order valence-electron chi connectivity index (χ2n) is 6.83. The zero-order valence-corrected chi connectivity index (χ0v) is 19.3. The third-order valence-corrected chi connectivity index (χ3v) is 7.43. The first-order valence-corrected chi connectivity index (χ1v) is 13.0. The standard InChI is InChI=1S/C24H25O6PS/c32-31(20-8-2-1-3-9-20)29-23-12-6-4-10-21(23)27-18-16-25-14-15-26-17-19-28-22-11-5-7-13-24(22)30-31/h1-13H,14-19H2. The Hall–Kier alpha value is -2.57. The quantitative estimate of drug-likeness (QED) is 0.481. The lowest BCUT2D eigenvalue weighted by Gasteiger charge is -2.26. The van der Waals surface area contributed by atoms with Crippen LogP contribution in [0.15, 0.2) is 78.9 Å². The van der Waals surface area contributed by atoms with Crippen LogP contribution >= 0.6 is 6.49 Å². The van der Waals surface area contributed by atoms with Crippen molar-refractivity contribution in [1.29, 1.82) is 0 Å². The van der Waals surface area contributed by atoms with Crippen LogP contribution in [0.2, 0.25) is 0 Å². The highest BCUT2D eigenvalue weighted by Gasteiger charge is 2.28. The van der Waals surface area contributed by atoms with Gasteiger partial charge in [-0.15, -0.1) is 0 Å². The van der Waals surface area contributed by atoms with Gasteiger partial charge in [-0.1, -0.05) is 42.5 Å². The molecule has 3 aromatic carbocycles. The molecule has 0 bridgehead atoms. The first kappa shape index (κ1) is 22.6. The molecule has 0 saturated heterocycles. The summed E-state index contributed by atoms with van der Waals surface area (Å²) in [4.78, 5) is 0. The number of para-hydroxylation sites is 4. The molecule has 1 aliphatic heterocycles. The zero-order valence-electron chi connectivity index (χ0n) is 17.6. The van der Waals surface area contributed by atoms with Crippen LogP contribution in [0.1, 0.15) is 0 Å². The molecule has 168 valence electrons. The molecule has 0 saturated carbocycles. The van der Waals surface area contributed by atoms with Crippen LogP contribution in [-0.2, 0) is 21.3 Å². The van der Waals surface area contributed by atoms with Gasteiger partial charge in [0.1, 0.15) is 13.2 Å². The Labute approximate surface area is 193 Å². The van der Waals surface area contributed by atoms with Crippen molar-refractivity contribution in [2.45, 2.75) is 0 Å². The number of rotatable bonds is 1. The molecular weight excluding hydrogens is 447 g/mol. The SMILES string of the molecule is S=P1(c2ccccc2)Oc2ccccc2OCCOCCOCCOc2ccccc2O1. The highest BCUT2D eigenvalue weighted by atomic mass is 32.5. The van der Waals surface area contributed by atoms with Gasteiger partial charge in [0.25, 0.3) is 0 Å². The summed E-state index contributed by atoms with van der Waals surface area (Å²) >= 11 is 6.04. The Balaban J connectivity index is 1.71. The van der Waals surface area contributed by atoms with E-state index in [4.69, 9.17) is 39.8 Å². The molecule has 0 unspecified atom stereocenters. The first-order chi connectivity index (χ1) is 15.7. The van der Waals surface area contributed by atoms with Crippen molar-refractivity contribution in [3.63, 3.8) is 0 Å². The van der Waals surface area contributed by atoms with Gasteiger partial charge in [-0.05, 0) is 48.2 Å². The fourth-order valence-corrected chi connectivity index (χ4v) is 5.48. The van der Waals surface area contributed by atoms with Crippen LogP contribution in [0.5, 0.6) is 23.0 Å². The summed E-state index contributed by atoms with van der Waals surface area (Å²) in [5, 5.41) is 0.782. The smallest absolute Gasteiger partial charge is 0.319 e. The number of fused-ring (bicyclic) bond motifs is 2. The Morgan fingerprint density at radius 2 is 0.906 bits per heavy atom. The van der Waals surface area contributed by atoms with Crippen molar-refractivity contribution in [3.8, 4) is 23.0 Å². The third-order valence-electron chi connectivity index (χ3n) is 4.55. The van der Waals surface area contributed by atoms with Gasteiger partial charge in [0.05, 0.1) is 31.7 Å². The number of ether oxygens (including phenoxy) is 4. The summed E-state index contributed by atoms with van der Waals surface area (Å²) in [5.74, 6) is 2.20. The van der Waals surface area contributed by atoms with E-state index >= 15 is 0 Å². The molecule has 0 aromatic heterocycles. The van der Waals surface area contributed by atoms with Crippen LogP contribution < -0.4 is 23.8 Å². The largest absolute Gasteiger partial charge is 0.487 e. The lowest BCUT2D eigenvalue weighted by atomic mass is 10.3. The molecule has 1 heterocycles. The predicted molar refractivity (Wildman–Crippen MR) is 127 cm³/mol. The Morgan fingerprint density at radius 1 is 0.500 bits per heavy atom. The molecule has 8 heteroatoms. The average Bonchev–Trinajstić information content (AvgIpc) is 2.82. The Kier molecular flexibility index (Phi) is 8.02. The summed E-state index contributed by atoms with van der Waals surface area (Å²) in [6.07, 6.45) is 0. The van der Waals surface area contributed by atoms with Crippen LogP contribution in [0.3, 0.4) is 0 Å².